The Labute approximate surface area is 77.7 Å². The SMILES string of the molecule is CCOP(C)(=O)CC[C@@H](N)C(=O)O. The maximum absolute atomic E-state index is 11.5. The number of carboxylic acid groups (broad SMARTS) is 1. The number of aliphatic carboxylic acids is 1. The molecule has 0 aromatic rings. The molecule has 0 amide bonds. The van der Waals surface area contributed by atoms with Crippen LogP contribution in [0.4, 0.5) is 0 Å². The summed E-state index contributed by atoms with van der Waals surface area (Å²) in [5.41, 5.74) is 5.24. The molecular weight excluding hydrogens is 193 g/mol. The molecule has 0 aliphatic carbocycles. The number of nitrogens with two attached hydrogens (primary N) is 1. The van der Waals surface area contributed by atoms with Crippen LogP contribution in [-0.2, 0) is 13.9 Å². The van der Waals surface area contributed by atoms with Crippen molar-refractivity contribution < 1.29 is 19.0 Å². The van der Waals surface area contributed by atoms with Crippen LogP contribution in [-0.4, -0.2) is 36.6 Å². The van der Waals surface area contributed by atoms with E-state index < -0.39 is 19.4 Å². The molecule has 6 heteroatoms. The van der Waals surface area contributed by atoms with Crippen molar-refractivity contribution in [2.45, 2.75) is 19.4 Å². The van der Waals surface area contributed by atoms with Crippen molar-refractivity contribution in [3.8, 4) is 0 Å². The number of carbonyl (C=O) groups is 1. The maximum Gasteiger partial charge on any atom is 0.320 e. The van der Waals surface area contributed by atoms with Crippen molar-refractivity contribution in [2.24, 2.45) is 5.73 Å². The Bertz CT molecular complexity index is 219. The molecule has 5 nitrogen and oxygen atoms in total. The molecule has 13 heavy (non-hydrogen) atoms. The van der Waals surface area contributed by atoms with Crippen LogP contribution >= 0.6 is 7.37 Å². The Morgan fingerprint density at radius 3 is 2.62 bits per heavy atom. The van der Waals surface area contributed by atoms with E-state index in [-0.39, 0.29) is 12.6 Å². The largest absolute Gasteiger partial charge is 0.480 e. The van der Waals surface area contributed by atoms with E-state index in [0.29, 0.717) is 6.61 Å². The van der Waals surface area contributed by atoms with Crippen LogP contribution < -0.4 is 5.73 Å². The van der Waals surface area contributed by atoms with Gasteiger partial charge in [-0.15, -0.1) is 0 Å². The lowest BCUT2D eigenvalue weighted by Gasteiger charge is -2.13. The standard InChI is InChI=1S/C7H16NO4P/c1-3-12-13(2,11)5-4-6(8)7(9)10/h6H,3-5,8H2,1-2H3,(H,9,10)/t6-,13?/m1/s1. The van der Waals surface area contributed by atoms with E-state index in [9.17, 15) is 9.36 Å². The highest BCUT2D eigenvalue weighted by Gasteiger charge is 2.19. The lowest BCUT2D eigenvalue weighted by molar-refractivity contribution is -0.138. The minimum absolute atomic E-state index is 0.184. The fourth-order valence-electron chi connectivity index (χ4n) is 0.835. The lowest BCUT2D eigenvalue weighted by Crippen LogP contribution is -2.30. The second kappa shape index (κ2) is 5.37. The number of rotatable bonds is 6. The van der Waals surface area contributed by atoms with Gasteiger partial charge in [0.25, 0.3) is 0 Å². The second-order valence-electron chi connectivity index (χ2n) is 2.89. The summed E-state index contributed by atoms with van der Waals surface area (Å²) in [4.78, 5) is 10.3. The number of carboxylic acids is 1. The van der Waals surface area contributed by atoms with Gasteiger partial charge >= 0.3 is 5.97 Å². The third-order valence-electron chi connectivity index (χ3n) is 1.57. The summed E-state index contributed by atoms with van der Waals surface area (Å²) in [6.07, 6.45) is 0.400. The molecule has 0 saturated carbocycles. The fraction of sp³-hybridized carbons (Fsp3) is 0.857. The first-order chi connectivity index (χ1) is 5.89. The Balaban J connectivity index is 3.87. The lowest BCUT2D eigenvalue weighted by atomic mass is 10.2. The molecule has 0 spiro atoms. The number of hydrogen-bond donors (Lipinski definition) is 2. The van der Waals surface area contributed by atoms with Gasteiger partial charge in [0.15, 0.2) is 7.37 Å². The fourth-order valence-corrected chi connectivity index (χ4v) is 2.26. The van der Waals surface area contributed by atoms with Gasteiger partial charge in [0, 0.05) is 12.8 Å². The Morgan fingerprint density at radius 2 is 2.23 bits per heavy atom. The molecule has 0 aromatic carbocycles. The molecule has 2 atom stereocenters. The van der Waals surface area contributed by atoms with Crippen LogP contribution in [0.3, 0.4) is 0 Å². The summed E-state index contributed by atoms with van der Waals surface area (Å²) in [5.74, 6) is -1.07. The molecule has 0 rings (SSSR count). The van der Waals surface area contributed by atoms with Crippen molar-refractivity contribution >= 4 is 13.3 Å². The van der Waals surface area contributed by atoms with Gasteiger partial charge in [-0.05, 0) is 13.3 Å². The quantitative estimate of drug-likeness (QED) is 0.629. The van der Waals surface area contributed by atoms with Crippen LogP contribution in [0.2, 0.25) is 0 Å². The summed E-state index contributed by atoms with van der Waals surface area (Å²) >= 11 is 0. The summed E-state index contributed by atoms with van der Waals surface area (Å²) in [7, 11) is -2.63. The van der Waals surface area contributed by atoms with E-state index in [1.807, 2.05) is 0 Å². The van der Waals surface area contributed by atoms with E-state index in [1.165, 1.54) is 6.66 Å². The van der Waals surface area contributed by atoms with E-state index in [0.717, 1.165) is 0 Å². The zero-order valence-corrected chi connectivity index (χ0v) is 8.79. The van der Waals surface area contributed by atoms with Crippen LogP contribution in [0.1, 0.15) is 13.3 Å². The van der Waals surface area contributed by atoms with Gasteiger partial charge in [-0.2, -0.15) is 0 Å². The molecule has 0 fully saturated rings. The Kier molecular flexibility index (Phi) is 5.21. The van der Waals surface area contributed by atoms with Crippen molar-refractivity contribution in [3.63, 3.8) is 0 Å². The molecule has 1 unspecified atom stereocenters. The highest BCUT2D eigenvalue weighted by atomic mass is 31.2. The molecule has 0 aromatic heterocycles. The van der Waals surface area contributed by atoms with Crippen LogP contribution in [0.5, 0.6) is 0 Å². The maximum atomic E-state index is 11.5. The topological polar surface area (TPSA) is 89.6 Å². The first-order valence-corrected chi connectivity index (χ1v) is 6.34. The van der Waals surface area contributed by atoms with Crippen LogP contribution in [0.15, 0.2) is 0 Å². The van der Waals surface area contributed by atoms with Crippen molar-refractivity contribution in [3.05, 3.63) is 0 Å². The molecule has 3 N–H and O–H groups in total. The highest BCUT2D eigenvalue weighted by Crippen LogP contribution is 2.42. The molecule has 0 saturated heterocycles. The normalized spacial score (nSPS) is 17.8. The van der Waals surface area contributed by atoms with Gasteiger partial charge < -0.3 is 15.4 Å². The predicted octanol–water partition coefficient (Wildman–Crippen LogP) is 0.733. The second-order valence-corrected chi connectivity index (χ2v) is 5.62. The van der Waals surface area contributed by atoms with Gasteiger partial charge in [0.1, 0.15) is 6.04 Å². The summed E-state index contributed by atoms with van der Waals surface area (Å²) in [5, 5.41) is 8.45. The average Bonchev–Trinajstić information content (AvgIpc) is 2.00. The van der Waals surface area contributed by atoms with E-state index in [1.54, 1.807) is 6.92 Å². The average molecular weight is 209 g/mol. The van der Waals surface area contributed by atoms with E-state index in [4.69, 9.17) is 15.4 Å². The summed E-state index contributed by atoms with van der Waals surface area (Å²) in [6.45, 7) is 3.61. The van der Waals surface area contributed by atoms with E-state index in [2.05, 4.69) is 0 Å². The first kappa shape index (κ1) is 12.6. The molecule has 0 radical (unpaired) electrons. The molecule has 0 aliphatic heterocycles. The summed E-state index contributed by atoms with van der Waals surface area (Å²) in [6, 6.07) is -0.950. The monoisotopic (exact) mass is 209 g/mol. The first-order valence-electron chi connectivity index (χ1n) is 4.08. The molecule has 0 bridgehead atoms. The summed E-state index contributed by atoms with van der Waals surface area (Å²) < 4.78 is 16.4. The van der Waals surface area contributed by atoms with Gasteiger partial charge in [-0.3, -0.25) is 9.36 Å². The van der Waals surface area contributed by atoms with Gasteiger partial charge in [0.2, 0.25) is 0 Å². The number of hydrogen-bond acceptors (Lipinski definition) is 4. The van der Waals surface area contributed by atoms with Gasteiger partial charge in [-0.25, -0.2) is 0 Å². The van der Waals surface area contributed by atoms with E-state index >= 15 is 0 Å². The molecule has 78 valence electrons. The molecule has 0 heterocycles. The smallest absolute Gasteiger partial charge is 0.320 e. The Morgan fingerprint density at radius 1 is 1.69 bits per heavy atom. The molecular formula is C7H16NO4P. The minimum atomic E-state index is -2.63. The predicted molar refractivity (Wildman–Crippen MR) is 50.3 cm³/mol. The van der Waals surface area contributed by atoms with Crippen LogP contribution in [0.25, 0.3) is 0 Å². The van der Waals surface area contributed by atoms with Gasteiger partial charge in [-0.1, -0.05) is 0 Å². The zero-order valence-electron chi connectivity index (χ0n) is 7.90. The van der Waals surface area contributed by atoms with Crippen molar-refractivity contribution in [2.75, 3.05) is 19.4 Å². The van der Waals surface area contributed by atoms with Crippen molar-refractivity contribution in [1.82, 2.24) is 0 Å². The van der Waals surface area contributed by atoms with Crippen molar-refractivity contribution in [1.29, 1.82) is 0 Å². The van der Waals surface area contributed by atoms with Gasteiger partial charge in [0.05, 0.1) is 6.61 Å². The Hall–Kier alpha value is -0.380. The third kappa shape index (κ3) is 5.80. The molecule has 0 aliphatic rings. The highest BCUT2D eigenvalue weighted by molar-refractivity contribution is 7.58. The third-order valence-corrected chi connectivity index (χ3v) is 3.44. The zero-order chi connectivity index (χ0) is 10.5. The van der Waals surface area contributed by atoms with Crippen LogP contribution in [0, 0.1) is 0 Å². The minimum Gasteiger partial charge on any atom is -0.480 e.